The fourth-order valence-corrected chi connectivity index (χ4v) is 4.69. The van der Waals surface area contributed by atoms with Gasteiger partial charge in [0.15, 0.2) is 11.8 Å². The number of rotatable bonds is 4. The van der Waals surface area contributed by atoms with Crippen molar-refractivity contribution in [2.24, 2.45) is 0 Å². The Morgan fingerprint density at radius 2 is 1.97 bits per heavy atom. The maximum atomic E-state index is 15.0. The van der Waals surface area contributed by atoms with E-state index in [4.69, 9.17) is 5.11 Å². The van der Waals surface area contributed by atoms with Gasteiger partial charge in [0.1, 0.15) is 17.8 Å². The maximum absolute atomic E-state index is 15.0. The molecule has 0 radical (unpaired) electrons. The molecule has 0 spiro atoms. The van der Waals surface area contributed by atoms with Crippen LogP contribution in [0.25, 0.3) is 0 Å². The number of carbonyl (C=O) groups excluding carboxylic acids is 2. The van der Waals surface area contributed by atoms with E-state index in [1.807, 2.05) is 24.1 Å². The number of anilines is 2. The summed E-state index contributed by atoms with van der Waals surface area (Å²) in [7, 11) is 0. The second kappa shape index (κ2) is 8.32. The average molecular weight is 414 g/mol. The maximum Gasteiger partial charge on any atom is 0.317 e. The van der Waals surface area contributed by atoms with Crippen LogP contribution in [0.1, 0.15) is 18.4 Å². The van der Waals surface area contributed by atoms with Gasteiger partial charge in [0.2, 0.25) is 0 Å². The van der Waals surface area contributed by atoms with Crippen LogP contribution in [-0.2, 0) is 20.8 Å². The van der Waals surface area contributed by atoms with Gasteiger partial charge in [-0.1, -0.05) is 6.07 Å². The normalized spacial score (nSPS) is 24.2. The summed E-state index contributed by atoms with van der Waals surface area (Å²) in [5.41, 5.74) is 3.15. The van der Waals surface area contributed by atoms with Crippen LogP contribution >= 0.6 is 0 Å². The molecule has 2 fully saturated rings. The van der Waals surface area contributed by atoms with Crippen molar-refractivity contribution in [3.63, 3.8) is 0 Å². The highest BCUT2D eigenvalue weighted by molar-refractivity contribution is 5.76. The molecule has 0 aromatic heterocycles. The molecule has 4 rings (SSSR count). The number of benzene rings is 1. The first-order chi connectivity index (χ1) is 14.5. The predicted octanol–water partition coefficient (Wildman–Crippen LogP) is 0.734. The molecule has 8 nitrogen and oxygen atoms in total. The summed E-state index contributed by atoms with van der Waals surface area (Å²) in [6.07, 6.45) is 0.564. The number of alkyl halides is 1. The lowest BCUT2D eigenvalue weighted by Crippen LogP contribution is -2.53. The SMILES string of the molecule is O=C=C1CCN(c2cccc3c2CCN3[C@@H]2CCN(CC(=O)O)C[C@@H]2F)C(=C=O)N1. The number of likely N-dealkylation sites (tertiary alicyclic amines) is 1. The quantitative estimate of drug-likeness (QED) is 0.697. The fourth-order valence-electron chi connectivity index (χ4n) is 4.69. The highest BCUT2D eigenvalue weighted by atomic mass is 19.1. The van der Waals surface area contributed by atoms with E-state index >= 15 is 0 Å². The van der Waals surface area contributed by atoms with Gasteiger partial charge in [-0.25, -0.2) is 14.0 Å². The zero-order chi connectivity index (χ0) is 21.3. The molecule has 1 aromatic carbocycles. The van der Waals surface area contributed by atoms with Crippen LogP contribution in [0.5, 0.6) is 0 Å². The molecule has 3 heterocycles. The van der Waals surface area contributed by atoms with E-state index in [9.17, 15) is 18.8 Å². The largest absolute Gasteiger partial charge is 0.480 e. The molecule has 0 bridgehead atoms. The lowest BCUT2D eigenvalue weighted by Gasteiger charge is -2.40. The van der Waals surface area contributed by atoms with Crippen molar-refractivity contribution in [1.82, 2.24) is 10.2 Å². The molecule has 0 aliphatic carbocycles. The van der Waals surface area contributed by atoms with Gasteiger partial charge in [-0.05, 0) is 25.0 Å². The fraction of sp³-hybridized carbons (Fsp3) is 0.476. The van der Waals surface area contributed by atoms with E-state index in [-0.39, 0.29) is 25.0 Å². The van der Waals surface area contributed by atoms with Crippen LogP contribution in [0.15, 0.2) is 29.7 Å². The van der Waals surface area contributed by atoms with E-state index in [2.05, 4.69) is 10.2 Å². The lowest BCUT2D eigenvalue weighted by atomic mass is 10.0. The molecule has 2 N–H and O–H groups in total. The Balaban J connectivity index is 1.56. The number of carboxylic acid groups (broad SMARTS) is 1. The van der Waals surface area contributed by atoms with Gasteiger partial charge in [-0.15, -0.1) is 0 Å². The number of aliphatic carboxylic acids is 1. The standard InChI is InChI=1S/C21H23FN4O4/c22-16-10-24(11-21(29)30)7-6-19(16)25-9-5-15-17(25)2-1-3-18(15)26-8-4-14(12-27)23-20(26)13-28/h1-3,16,19,23H,4-11H2,(H,29,30)/t16-,19+/m0/s1. The molecular formula is C21H23FN4O4. The van der Waals surface area contributed by atoms with Crippen molar-refractivity contribution >= 4 is 29.2 Å². The minimum absolute atomic E-state index is 0.109. The van der Waals surface area contributed by atoms with Crippen LogP contribution in [0, 0.1) is 0 Å². The molecule has 1 aromatic rings. The van der Waals surface area contributed by atoms with E-state index in [1.165, 1.54) is 0 Å². The molecular weight excluding hydrogens is 391 g/mol. The Hall–Kier alpha value is -3.12. The van der Waals surface area contributed by atoms with Gasteiger partial charge in [0, 0.05) is 49.5 Å². The minimum Gasteiger partial charge on any atom is -0.480 e. The summed E-state index contributed by atoms with van der Waals surface area (Å²) < 4.78 is 15.0. The number of halogens is 1. The van der Waals surface area contributed by atoms with Gasteiger partial charge in [-0.3, -0.25) is 9.69 Å². The molecule has 0 amide bonds. The third-order valence-electron chi connectivity index (χ3n) is 6.02. The average Bonchev–Trinajstić information content (AvgIpc) is 3.17. The topological polar surface area (TPSA) is 93.2 Å². The number of piperidine rings is 1. The molecule has 9 heteroatoms. The van der Waals surface area contributed by atoms with Crippen LogP contribution < -0.4 is 15.1 Å². The highest BCUT2D eigenvalue weighted by Crippen LogP contribution is 2.40. The zero-order valence-corrected chi connectivity index (χ0v) is 16.4. The van der Waals surface area contributed by atoms with Crippen molar-refractivity contribution in [2.45, 2.75) is 31.5 Å². The van der Waals surface area contributed by atoms with Crippen molar-refractivity contribution < 1.29 is 23.9 Å². The summed E-state index contributed by atoms with van der Waals surface area (Å²) >= 11 is 0. The Bertz CT molecular complexity index is 954. The third kappa shape index (κ3) is 3.71. The van der Waals surface area contributed by atoms with Gasteiger partial charge in [0.25, 0.3) is 0 Å². The summed E-state index contributed by atoms with van der Waals surface area (Å²) in [6.45, 7) is 1.62. The summed E-state index contributed by atoms with van der Waals surface area (Å²) in [6, 6.07) is 5.45. The van der Waals surface area contributed by atoms with E-state index in [0.717, 1.165) is 16.9 Å². The van der Waals surface area contributed by atoms with E-state index in [0.29, 0.717) is 44.6 Å². The predicted molar refractivity (Wildman–Crippen MR) is 108 cm³/mol. The molecule has 3 aliphatic heterocycles. The molecule has 2 atom stereocenters. The minimum atomic E-state index is -1.14. The second-order valence-electron chi connectivity index (χ2n) is 7.78. The molecule has 0 saturated carbocycles. The number of nitrogens with zero attached hydrogens (tertiary/aromatic N) is 3. The Labute approximate surface area is 173 Å². The number of carboxylic acids is 1. The summed E-state index contributed by atoms with van der Waals surface area (Å²) in [5.74, 6) is 2.90. The molecule has 0 unspecified atom stereocenters. The smallest absolute Gasteiger partial charge is 0.317 e. The number of carbonyl (C=O) groups is 1. The van der Waals surface area contributed by atoms with E-state index in [1.54, 1.807) is 15.7 Å². The van der Waals surface area contributed by atoms with Gasteiger partial charge in [-0.2, -0.15) is 0 Å². The third-order valence-corrected chi connectivity index (χ3v) is 6.02. The van der Waals surface area contributed by atoms with Crippen molar-refractivity contribution in [3.8, 4) is 0 Å². The van der Waals surface area contributed by atoms with Crippen LogP contribution in [0.4, 0.5) is 15.8 Å². The van der Waals surface area contributed by atoms with Gasteiger partial charge in [0.05, 0.1) is 12.6 Å². The highest BCUT2D eigenvalue weighted by Gasteiger charge is 2.38. The lowest BCUT2D eigenvalue weighted by molar-refractivity contribution is -0.138. The molecule has 158 valence electrons. The number of fused-ring (bicyclic) bond motifs is 1. The summed E-state index contributed by atoms with van der Waals surface area (Å²) in [4.78, 5) is 38.8. The Morgan fingerprint density at radius 1 is 1.17 bits per heavy atom. The van der Waals surface area contributed by atoms with Crippen molar-refractivity contribution in [2.75, 3.05) is 42.5 Å². The first-order valence-electron chi connectivity index (χ1n) is 10.0. The Kier molecular flexibility index (Phi) is 5.59. The first-order valence-corrected chi connectivity index (χ1v) is 10.0. The van der Waals surface area contributed by atoms with E-state index < -0.39 is 12.1 Å². The summed E-state index contributed by atoms with van der Waals surface area (Å²) in [5, 5.41) is 11.7. The number of nitrogens with one attached hydrogen (secondary N) is 1. The van der Waals surface area contributed by atoms with Crippen LogP contribution in [0.2, 0.25) is 0 Å². The van der Waals surface area contributed by atoms with Gasteiger partial charge >= 0.3 is 5.97 Å². The van der Waals surface area contributed by atoms with Crippen molar-refractivity contribution in [1.29, 1.82) is 0 Å². The van der Waals surface area contributed by atoms with Crippen molar-refractivity contribution in [3.05, 3.63) is 35.3 Å². The monoisotopic (exact) mass is 414 g/mol. The number of hydrogen-bond donors (Lipinski definition) is 2. The Morgan fingerprint density at radius 3 is 2.67 bits per heavy atom. The van der Waals surface area contributed by atoms with Crippen LogP contribution in [0.3, 0.4) is 0 Å². The van der Waals surface area contributed by atoms with Crippen LogP contribution in [-0.4, -0.2) is 72.8 Å². The molecule has 3 aliphatic rings. The van der Waals surface area contributed by atoms with Gasteiger partial charge < -0.3 is 20.2 Å². The number of hydrogen-bond acceptors (Lipinski definition) is 7. The second-order valence-corrected chi connectivity index (χ2v) is 7.78. The zero-order valence-electron chi connectivity index (χ0n) is 16.4. The first kappa shape index (κ1) is 20.2. The molecule has 2 saturated heterocycles. The molecule has 30 heavy (non-hydrogen) atoms.